The van der Waals surface area contributed by atoms with Crippen molar-refractivity contribution in [3.8, 4) is 33.8 Å². The molecule has 0 saturated heterocycles. The smallest absolute Gasteiger partial charge is 0.228 e. The number of pyridine rings is 2. The molecule has 0 aliphatic carbocycles. The minimum Gasteiger partial charge on any atom is -0.335 e. The lowest BCUT2D eigenvalue weighted by Crippen LogP contribution is -2.14. The normalized spacial score (nSPS) is 11.3. The molecule has 3 N–H and O–H groups in total. The van der Waals surface area contributed by atoms with E-state index in [0.717, 1.165) is 5.56 Å². The molecule has 3 aromatic carbocycles. The molecule has 8 nitrogen and oxygen atoms in total. The van der Waals surface area contributed by atoms with Gasteiger partial charge in [-0.05, 0) is 41.5 Å². The molecular weight excluding hydrogens is 536 g/mol. The molecule has 204 valence electrons. The van der Waals surface area contributed by atoms with Crippen molar-refractivity contribution in [3.05, 3.63) is 115 Å². The molecule has 7 rings (SSSR count). The minimum atomic E-state index is -0.537. The Balaban J connectivity index is 1.25. The van der Waals surface area contributed by atoms with Gasteiger partial charge < -0.3 is 10.3 Å². The van der Waals surface area contributed by atoms with Gasteiger partial charge in [-0.1, -0.05) is 48.5 Å². The van der Waals surface area contributed by atoms with Gasteiger partial charge in [0.05, 0.1) is 23.8 Å². The van der Waals surface area contributed by atoms with Crippen LogP contribution in [0.1, 0.15) is 5.56 Å². The van der Waals surface area contributed by atoms with Crippen LogP contribution in [0.4, 0.5) is 14.5 Å². The maximum atomic E-state index is 15.3. The monoisotopic (exact) mass is 557 g/mol. The Kier molecular flexibility index (Phi) is 6.20. The Morgan fingerprint density at radius 2 is 1.69 bits per heavy atom. The number of carbonyl (C=O) groups is 1. The number of imidazole rings is 1. The predicted molar refractivity (Wildman–Crippen MR) is 156 cm³/mol. The van der Waals surface area contributed by atoms with Gasteiger partial charge in [0.25, 0.3) is 0 Å². The molecular formula is C32H21F2N7O. The third kappa shape index (κ3) is 4.64. The highest BCUT2D eigenvalue weighted by atomic mass is 19.1. The third-order valence-electron chi connectivity index (χ3n) is 6.97. The number of H-pyrrole nitrogens is 2. The number of benzene rings is 3. The van der Waals surface area contributed by atoms with E-state index in [0.29, 0.717) is 56.0 Å². The van der Waals surface area contributed by atoms with E-state index in [9.17, 15) is 9.18 Å². The van der Waals surface area contributed by atoms with Crippen molar-refractivity contribution in [2.45, 2.75) is 6.42 Å². The molecule has 0 spiro atoms. The summed E-state index contributed by atoms with van der Waals surface area (Å²) >= 11 is 0. The number of hydrogen-bond acceptors (Lipinski definition) is 5. The maximum absolute atomic E-state index is 15.3. The molecule has 0 saturated carbocycles. The van der Waals surface area contributed by atoms with Crippen LogP contribution in [0.15, 0.2) is 97.5 Å². The molecule has 0 fully saturated rings. The van der Waals surface area contributed by atoms with E-state index >= 15 is 4.39 Å². The summed E-state index contributed by atoms with van der Waals surface area (Å²) in [5, 5.41) is 10.4. The molecule has 10 heteroatoms. The second-order valence-corrected chi connectivity index (χ2v) is 9.75. The van der Waals surface area contributed by atoms with E-state index in [2.05, 4.69) is 35.5 Å². The van der Waals surface area contributed by atoms with E-state index in [1.54, 1.807) is 55.0 Å². The number of nitrogens with zero attached hydrogens (tertiary/aromatic N) is 4. The van der Waals surface area contributed by atoms with Gasteiger partial charge in [-0.15, -0.1) is 0 Å². The van der Waals surface area contributed by atoms with E-state index in [-0.39, 0.29) is 23.7 Å². The number of fused-ring (bicyclic) bond motifs is 2. The second-order valence-electron chi connectivity index (χ2n) is 9.75. The Bertz CT molecular complexity index is 2100. The van der Waals surface area contributed by atoms with Crippen LogP contribution in [0.2, 0.25) is 0 Å². The fraction of sp³-hybridized carbons (Fsp3) is 0.0312. The molecule has 0 bridgehead atoms. The fourth-order valence-corrected chi connectivity index (χ4v) is 5.01. The van der Waals surface area contributed by atoms with Gasteiger partial charge >= 0.3 is 0 Å². The summed E-state index contributed by atoms with van der Waals surface area (Å²) in [5.41, 5.74) is 5.04. The fourth-order valence-electron chi connectivity index (χ4n) is 5.01. The highest BCUT2D eigenvalue weighted by Gasteiger charge is 2.19. The van der Waals surface area contributed by atoms with Crippen LogP contribution in [0, 0.1) is 11.6 Å². The summed E-state index contributed by atoms with van der Waals surface area (Å²) in [5.74, 6) is -0.718. The summed E-state index contributed by atoms with van der Waals surface area (Å²) in [7, 11) is 0. The summed E-state index contributed by atoms with van der Waals surface area (Å²) in [6, 6.07) is 22.5. The molecule has 0 aliphatic rings. The van der Waals surface area contributed by atoms with Crippen LogP contribution in [0.3, 0.4) is 0 Å². The number of hydrogen-bond donors (Lipinski definition) is 3. The number of aromatic nitrogens is 6. The molecule has 7 aromatic rings. The standard InChI is InChI=1S/C32H21F2N7O/c33-25-9-5-4-8-22(25)23-10-11-36-31-29(23)38-32(39-31)30-24-14-19(15-26(34)28(24)40-41-30)20-13-21(17-35-16-20)37-27(42)12-18-6-2-1-3-7-18/h1-11,13-17H,12H2,(H,37,42)(H,40,41)(H,36,38,39). The molecule has 0 radical (unpaired) electrons. The Hall–Kier alpha value is -5.77. The summed E-state index contributed by atoms with van der Waals surface area (Å²) in [6.45, 7) is 0. The van der Waals surface area contributed by atoms with Crippen LogP contribution in [-0.2, 0) is 11.2 Å². The van der Waals surface area contributed by atoms with Crippen molar-refractivity contribution in [1.82, 2.24) is 30.1 Å². The largest absolute Gasteiger partial charge is 0.335 e. The van der Waals surface area contributed by atoms with Crippen LogP contribution >= 0.6 is 0 Å². The number of rotatable bonds is 6. The summed E-state index contributed by atoms with van der Waals surface area (Å²) in [4.78, 5) is 29.0. The van der Waals surface area contributed by atoms with Crippen molar-refractivity contribution in [1.29, 1.82) is 0 Å². The van der Waals surface area contributed by atoms with Gasteiger partial charge in [-0.3, -0.25) is 14.9 Å². The quantitative estimate of drug-likeness (QED) is 0.211. The molecule has 4 heterocycles. The molecule has 42 heavy (non-hydrogen) atoms. The zero-order valence-corrected chi connectivity index (χ0v) is 21.9. The summed E-state index contributed by atoms with van der Waals surface area (Å²) < 4.78 is 29.9. The lowest BCUT2D eigenvalue weighted by molar-refractivity contribution is -0.115. The average molecular weight is 558 g/mol. The molecule has 0 atom stereocenters. The first-order valence-electron chi connectivity index (χ1n) is 13.1. The van der Waals surface area contributed by atoms with E-state index in [4.69, 9.17) is 0 Å². The van der Waals surface area contributed by atoms with Crippen molar-refractivity contribution in [3.63, 3.8) is 0 Å². The van der Waals surface area contributed by atoms with Crippen LogP contribution in [0.25, 0.3) is 55.8 Å². The Morgan fingerprint density at radius 1 is 0.857 bits per heavy atom. The van der Waals surface area contributed by atoms with Crippen LogP contribution in [-0.4, -0.2) is 36.0 Å². The third-order valence-corrected chi connectivity index (χ3v) is 6.97. The lowest BCUT2D eigenvalue weighted by atomic mass is 10.0. The summed E-state index contributed by atoms with van der Waals surface area (Å²) in [6.07, 6.45) is 4.92. The second kappa shape index (κ2) is 10.3. The number of carbonyl (C=O) groups excluding carboxylic acids is 1. The number of anilines is 1. The molecule has 4 aromatic heterocycles. The van der Waals surface area contributed by atoms with Gasteiger partial charge in [-0.25, -0.2) is 18.7 Å². The van der Waals surface area contributed by atoms with Gasteiger partial charge in [0.2, 0.25) is 5.91 Å². The first-order valence-corrected chi connectivity index (χ1v) is 13.1. The molecule has 0 unspecified atom stereocenters. The lowest BCUT2D eigenvalue weighted by Gasteiger charge is -2.08. The number of aromatic amines is 2. The van der Waals surface area contributed by atoms with Gasteiger partial charge in [0, 0.05) is 34.5 Å². The first kappa shape index (κ1) is 25.2. The van der Waals surface area contributed by atoms with E-state index < -0.39 is 5.82 Å². The number of nitrogens with one attached hydrogen (secondary N) is 3. The average Bonchev–Trinajstić information content (AvgIpc) is 3.63. The van der Waals surface area contributed by atoms with Crippen LogP contribution < -0.4 is 5.32 Å². The number of halogens is 2. The highest BCUT2D eigenvalue weighted by Crippen LogP contribution is 2.34. The van der Waals surface area contributed by atoms with Crippen LogP contribution in [0.5, 0.6) is 0 Å². The minimum absolute atomic E-state index is 0.136. The highest BCUT2D eigenvalue weighted by molar-refractivity contribution is 5.98. The SMILES string of the molecule is O=C(Cc1ccccc1)Nc1cncc(-c2cc(F)c3n[nH]c(-c4nc5nccc(-c6ccccc6F)c5[nH]4)c3c2)c1. The first-order chi connectivity index (χ1) is 20.5. The Labute approximate surface area is 237 Å². The predicted octanol–water partition coefficient (Wildman–Crippen LogP) is 6.69. The number of amides is 1. The van der Waals surface area contributed by atoms with Crippen molar-refractivity contribution >= 4 is 33.7 Å². The van der Waals surface area contributed by atoms with Gasteiger partial charge in [-0.2, -0.15) is 5.10 Å². The van der Waals surface area contributed by atoms with Gasteiger partial charge in [0.1, 0.15) is 17.0 Å². The van der Waals surface area contributed by atoms with Gasteiger partial charge in [0.15, 0.2) is 17.3 Å². The zero-order valence-electron chi connectivity index (χ0n) is 21.9. The molecule has 0 aliphatic heterocycles. The van der Waals surface area contributed by atoms with Crippen molar-refractivity contribution < 1.29 is 13.6 Å². The van der Waals surface area contributed by atoms with E-state index in [1.807, 2.05) is 30.3 Å². The zero-order chi connectivity index (χ0) is 28.6. The molecule has 1 amide bonds. The van der Waals surface area contributed by atoms with E-state index in [1.165, 1.54) is 12.1 Å². The topological polar surface area (TPSA) is 112 Å². The van der Waals surface area contributed by atoms with Crippen molar-refractivity contribution in [2.24, 2.45) is 0 Å². The maximum Gasteiger partial charge on any atom is 0.228 e. The van der Waals surface area contributed by atoms with Crippen molar-refractivity contribution in [2.75, 3.05) is 5.32 Å². The Morgan fingerprint density at radius 3 is 2.55 bits per heavy atom.